The molecule has 0 fully saturated rings. The van der Waals surface area contributed by atoms with E-state index in [1.54, 1.807) is 0 Å². The van der Waals surface area contributed by atoms with Gasteiger partial charge in [0, 0.05) is 11.0 Å². The summed E-state index contributed by atoms with van der Waals surface area (Å²) in [4.78, 5) is -0.802. The maximum absolute atomic E-state index is 12.4. The average Bonchev–Trinajstić information content (AvgIpc) is 2.53. The highest BCUT2D eigenvalue weighted by atomic mass is 32.2. The molecular formula is C14H16F3NO6S2. The molecule has 2 N–H and O–H groups in total. The van der Waals surface area contributed by atoms with Gasteiger partial charge in [-0.15, -0.1) is 0 Å². The Morgan fingerprint density at radius 1 is 1.35 bits per heavy atom. The van der Waals surface area contributed by atoms with E-state index in [9.17, 15) is 35.1 Å². The third-order valence-electron chi connectivity index (χ3n) is 2.80. The second kappa shape index (κ2) is 8.66. The molecule has 0 bridgehead atoms. The van der Waals surface area contributed by atoms with Crippen LogP contribution in [-0.2, 0) is 24.6 Å². The van der Waals surface area contributed by atoms with E-state index in [4.69, 9.17) is 4.74 Å². The third kappa shape index (κ3) is 6.12. The Morgan fingerprint density at radius 2 is 2.00 bits per heavy atom. The van der Waals surface area contributed by atoms with Crippen molar-refractivity contribution in [2.24, 2.45) is 0 Å². The molecule has 1 unspecified atom stereocenters. The molecule has 0 spiro atoms. The smallest absolute Gasteiger partial charge is 0.497 e. The van der Waals surface area contributed by atoms with Gasteiger partial charge in [-0.2, -0.15) is 17.9 Å². The molecule has 0 saturated carbocycles. The molecule has 1 atom stereocenters. The number of halogens is 3. The van der Waals surface area contributed by atoms with Gasteiger partial charge in [-0.3, -0.25) is 0 Å². The quantitative estimate of drug-likeness (QED) is 0.483. The van der Waals surface area contributed by atoms with Crippen LogP contribution >= 0.6 is 0 Å². The fraction of sp³-hybridized carbons (Fsp3) is 0.286. The number of hydrogen-bond donors (Lipinski definition) is 2. The van der Waals surface area contributed by atoms with Crippen molar-refractivity contribution < 1.29 is 39.9 Å². The highest BCUT2D eigenvalue weighted by Crippen LogP contribution is 2.25. The van der Waals surface area contributed by atoms with Crippen LogP contribution in [0.4, 0.5) is 13.2 Å². The highest BCUT2D eigenvalue weighted by molar-refractivity contribution is 7.95. The second-order valence-corrected chi connectivity index (χ2v) is 8.30. The van der Waals surface area contributed by atoms with Crippen LogP contribution in [0.15, 0.2) is 58.6 Å². The van der Waals surface area contributed by atoms with E-state index >= 15 is 0 Å². The van der Waals surface area contributed by atoms with E-state index in [0.717, 1.165) is 12.3 Å². The van der Waals surface area contributed by atoms with Gasteiger partial charge in [0.25, 0.3) is 9.84 Å². The summed E-state index contributed by atoms with van der Waals surface area (Å²) in [7, 11) is -10.2. The molecule has 146 valence electrons. The minimum atomic E-state index is -5.67. The van der Waals surface area contributed by atoms with Crippen LogP contribution in [0, 0.1) is 0 Å². The van der Waals surface area contributed by atoms with E-state index in [1.807, 2.05) is 4.72 Å². The van der Waals surface area contributed by atoms with Crippen molar-refractivity contribution in [2.45, 2.75) is 18.7 Å². The van der Waals surface area contributed by atoms with Crippen LogP contribution in [0.25, 0.3) is 0 Å². The van der Waals surface area contributed by atoms with Crippen LogP contribution in [0.3, 0.4) is 0 Å². The summed E-state index contributed by atoms with van der Waals surface area (Å²) >= 11 is 0. The van der Waals surface area contributed by atoms with E-state index in [-0.39, 0.29) is 23.7 Å². The first kappa shape index (κ1) is 22.2. The number of hydrogen-bond acceptors (Lipinski definition) is 6. The number of alkyl halides is 3. The van der Waals surface area contributed by atoms with Crippen molar-refractivity contribution in [1.29, 1.82) is 0 Å². The zero-order chi connectivity index (χ0) is 20.0. The van der Waals surface area contributed by atoms with Gasteiger partial charge in [-0.25, -0.2) is 16.8 Å². The zero-order valence-corrected chi connectivity index (χ0v) is 15.0. The number of aliphatic hydroxyl groups is 1. The fourth-order valence-corrected chi connectivity index (χ4v) is 3.16. The number of aliphatic hydroxyl groups excluding tert-OH is 1. The Hall–Kier alpha value is -1.89. The topological polar surface area (TPSA) is 110 Å². The molecule has 26 heavy (non-hydrogen) atoms. The summed E-state index contributed by atoms with van der Waals surface area (Å²) in [5.41, 5.74) is -5.52. The number of nitrogens with one attached hydrogen (secondary N) is 1. The normalized spacial score (nSPS) is 18.2. The molecule has 0 aromatic carbocycles. The van der Waals surface area contributed by atoms with Crippen molar-refractivity contribution in [3.63, 3.8) is 0 Å². The lowest BCUT2D eigenvalue weighted by Gasteiger charge is -2.16. The molecule has 1 aliphatic heterocycles. The zero-order valence-electron chi connectivity index (χ0n) is 13.3. The fourth-order valence-electron chi connectivity index (χ4n) is 1.52. The van der Waals surface area contributed by atoms with Gasteiger partial charge in [0.2, 0.25) is 10.0 Å². The largest absolute Gasteiger partial charge is 0.501 e. The molecule has 12 heteroatoms. The number of sulfone groups is 1. The summed E-state index contributed by atoms with van der Waals surface area (Å²) in [5, 5.41) is 9.62. The summed E-state index contributed by atoms with van der Waals surface area (Å²) in [5.74, 6) is 0. The van der Waals surface area contributed by atoms with Crippen molar-refractivity contribution >= 4 is 19.9 Å². The SMILES string of the molecule is C/C=C/C=C(\C=C\S(=O)(=O)C(F)(F)F)S(=O)(=O)NC(O)C1=COCC=C1. The lowest BCUT2D eigenvalue weighted by molar-refractivity contribution is -0.0423. The molecule has 1 heterocycles. The number of sulfonamides is 1. The first-order valence-corrected chi connectivity index (χ1v) is 9.94. The molecule has 1 aliphatic rings. The van der Waals surface area contributed by atoms with Crippen molar-refractivity contribution in [3.05, 3.63) is 58.6 Å². The van der Waals surface area contributed by atoms with E-state index in [0.29, 0.717) is 0 Å². The van der Waals surface area contributed by atoms with Gasteiger partial charge in [0.15, 0.2) is 0 Å². The Morgan fingerprint density at radius 3 is 2.50 bits per heavy atom. The minimum Gasteiger partial charge on any atom is -0.497 e. The van der Waals surface area contributed by atoms with Crippen molar-refractivity contribution in [3.8, 4) is 0 Å². The van der Waals surface area contributed by atoms with Crippen LogP contribution in [0.2, 0.25) is 0 Å². The second-order valence-electron chi connectivity index (χ2n) is 4.77. The predicted octanol–water partition coefficient (Wildman–Crippen LogP) is 1.60. The molecule has 0 aromatic rings. The lowest BCUT2D eigenvalue weighted by Crippen LogP contribution is -2.36. The molecule has 0 amide bonds. The van der Waals surface area contributed by atoms with E-state index in [2.05, 4.69) is 0 Å². The average molecular weight is 415 g/mol. The Kier molecular flexibility index (Phi) is 7.38. The molecule has 1 rings (SSSR count). The van der Waals surface area contributed by atoms with Gasteiger partial charge < -0.3 is 9.84 Å². The van der Waals surface area contributed by atoms with E-state index < -0.39 is 36.5 Å². The predicted molar refractivity (Wildman–Crippen MR) is 88.2 cm³/mol. The number of rotatable bonds is 7. The van der Waals surface area contributed by atoms with E-state index in [1.165, 1.54) is 31.2 Å². The standard InChI is InChI=1S/C14H16F3NO6S2/c1-2-3-6-12(7-9-25(20,21)14(15,16)17)26(22,23)18-13(19)11-5-4-8-24-10-11/h2-7,9-10,13,18-19H,8H2,1H3/b3-2+,9-7+,12-6+. The molecular weight excluding hydrogens is 399 g/mol. The van der Waals surface area contributed by atoms with Gasteiger partial charge in [-0.05, 0) is 25.2 Å². The summed E-state index contributed by atoms with van der Waals surface area (Å²) in [6, 6.07) is 0. The van der Waals surface area contributed by atoms with Crippen molar-refractivity contribution in [2.75, 3.05) is 6.61 Å². The Balaban J connectivity index is 3.16. The Labute approximate surface area is 148 Å². The van der Waals surface area contributed by atoms with Crippen LogP contribution in [0.1, 0.15) is 6.92 Å². The monoisotopic (exact) mass is 415 g/mol. The summed E-state index contributed by atoms with van der Waals surface area (Å²) < 4.78 is 90.5. The Bertz CT molecular complexity index is 865. The first-order chi connectivity index (χ1) is 11.9. The van der Waals surface area contributed by atoms with Crippen LogP contribution in [0.5, 0.6) is 0 Å². The number of ether oxygens (including phenoxy) is 1. The van der Waals surface area contributed by atoms with Crippen LogP contribution < -0.4 is 4.72 Å². The minimum absolute atomic E-state index is 0.0529. The van der Waals surface area contributed by atoms with Gasteiger partial charge >= 0.3 is 5.51 Å². The number of allylic oxidation sites excluding steroid dienone is 4. The van der Waals surface area contributed by atoms with Crippen LogP contribution in [-0.4, -0.2) is 40.3 Å². The van der Waals surface area contributed by atoms with Gasteiger partial charge in [0.05, 0.1) is 11.2 Å². The lowest BCUT2D eigenvalue weighted by atomic mass is 10.2. The molecule has 0 saturated heterocycles. The van der Waals surface area contributed by atoms with Crippen molar-refractivity contribution in [1.82, 2.24) is 4.72 Å². The van der Waals surface area contributed by atoms with Gasteiger partial charge in [-0.1, -0.05) is 18.2 Å². The summed E-state index contributed by atoms with van der Waals surface area (Å²) in [6.07, 6.45) is 5.94. The van der Waals surface area contributed by atoms with Gasteiger partial charge in [0.1, 0.15) is 12.8 Å². The molecule has 0 aliphatic carbocycles. The molecule has 0 radical (unpaired) electrons. The highest BCUT2D eigenvalue weighted by Gasteiger charge is 2.43. The summed E-state index contributed by atoms with van der Waals surface area (Å²) in [6.45, 7) is 1.74. The maximum Gasteiger partial charge on any atom is 0.501 e. The molecule has 7 nitrogen and oxygen atoms in total. The third-order valence-corrected chi connectivity index (χ3v) is 5.37. The molecule has 0 aromatic heterocycles. The maximum atomic E-state index is 12.4. The first-order valence-electron chi connectivity index (χ1n) is 6.92.